The lowest BCUT2D eigenvalue weighted by molar-refractivity contribution is -0.122. The predicted molar refractivity (Wildman–Crippen MR) is 178 cm³/mol. The zero-order valence-corrected chi connectivity index (χ0v) is 26.1. The van der Waals surface area contributed by atoms with E-state index in [0.29, 0.717) is 27.4 Å². The van der Waals surface area contributed by atoms with Crippen molar-refractivity contribution in [2.24, 2.45) is 0 Å². The van der Waals surface area contributed by atoms with Gasteiger partial charge in [-0.15, -0.1) is 0 Å². The lowest BCUT2D eigenvalue weighted by atomic mass is 10.1. The minimum absolute atomic E-state index is 0.0251. The summed E-state index contributed by atoms with van der Waals surface area (Å²) < 4.78 is 8.46. The van der Waals surface area contributed by atoms with Crippen LogP contribution in [-0.4, -0.2) is 31.5 Å². The molecule has 1 aliphatic rings. The Kier molecular flexibility index (Phi) is 10.5. The Balaban J connectivity index is 1.35. The van der Waals surface area contributed by atoms with Crippen molar-refractivity contribution in [3.8, 4) is 22.7 Å². The van der Waals surface area contributed by atoms with Crippen molar-refractivity contribution in [2.75, 3.05) is 6.54 Å². The molecule has 1 aromatic heterocycles. The quantitative estimate of drug-likeness (QED) is 0.0852. The molecule has 0 radical (unpaired) electrons. The lowest BCUT2D eigenvalue weighted by Crippen LogP contribution is -2.29. The normalized spacial score (nSPS) is 14.2. The predicted octanol–water partition coefficient (Wildman–Crippen LogP) is 9.33. The molecule has 0 unspecified atom stereocenters. The monoisotopic (exact) mass is 615 g/mol. The van der Waals surface area contributed by atoms with Gasteiger partial charge in [-0.2, -0.15) is 5.10 Å². The molecule has 4 aromatic rings. The van der Waals surface area contributed by atoms with Crippen LogP contribution in [0, 0.1) is 0 Å². The van der Waals surface area contributed by atoms with Crippen molar-refractivity contribution in [1.82, 2.24) is 14.7 Å². The van der Waals surface area contributed by atoms with Crippen molar-refractivity contribution in [3.63, 3.8) is 0 Å². The number of para-hydroxylation sites is 1. The first-order valence-corrected chi connectivity index (χ1v) is 16.0. The number of hydrogen-bond acceptors (Lipinski definition) is 5. The summed E-state index contributed by atoms with van der Waals surface area (Å²) in [5, 5.41) is 5.63. The molecule has 3 aromatic carbocycles. The van der Waals surface area contributed by atoms with Crippen LogP contribution in [0.25, 0.3) is 23.0 Å². The average molecular weight is 616 g/mol. The maximum Gasteiger partial charge on any atom is 0.266 e. The van der Waals surface area contributed by atoms with Crippen LogP contribution >= 0.6 is 35.6 Å². The minimum atomic E-state index is -0.0251. The van der Waals surface area contributed by atoms with Gasteiger partial charge >= 0.3 is 0 Å². The van der Waals surface area contributed by atoms with Crippen LogP contribution in [0.15, 0.2) is 90.0 Å². The molecule has 1 fully saturated rings. The van der Waals surface area contributed by atoms with Gasteiger partial charge in [0.15, 0.2) is 0 Å². The molecular weight excluding hydrogens is 582 g/mol. The number of carbonyl (C=O) groups is 1. The van der Waals surface area contributed by atoms with Crippen LogP contribution in [0.5, 0.6) is 5.75 Å². The fourth-order valence-electron chi connectivity index (χ4n) is 4.77. The Morgan fingerprint density at radius 1 is 0.929 bits per heavy atom. The molecule has 42 heavy (non-hydrogen) atoms. The van der Waals surface area contributed by atoms with E-state index >= 15 is 0 Å². The van der Waals surface area contributed by atoms with Crippen molar-refractivity contribution >= 4 is 51.9 Å². The summed E-state index contributed by atoms with van der Waals surface area (Å²) in [5.74, 6) is 0.733. The number of benzene rings is 3. The van der Waals surface area contributed by atoms with Crippen molar-refractivity contribution in [2.45, 2.75) is 52.1 Å². The van der Waals surface area contributed by atoms with Gasteiger partial charge in [0.05, 0.1) is 16.3 Å². The topological polar surface area (TPSA) is 47.4 Å². The maximum absolute atomic E-state index is 13.4. The third-order valence-corrected chi connectivity index (χ3v) is 8.74. The molecule has 5 rings (SSSR count). The molecular formula is C34H34ClN3O2S2. The Hall–Kier alpha value is -3.39. The molecule has 216 valence electrons. The van der Waals surface area contributed by atoms with E-state index < -0.39 is 0 Å². The number of carbonyl (C=O) groups excluding carboxylic acids is 1. The van der Waals surface area contributed by atoms with Crippen LogP contribution < -0.4 is 4.74 Å². The highest BCUT2D eigenvalue weighted by molar-refractivity contribution is 8.26. The number of nitrogens with zero attached hydrogens (tertiary/aromatic N) is 3. The number of aromatic nitrogens is 2. The molecule has 8 heteroatoms. The number of hydrogen-bond donors (Lipinski definition) is 0. The summed E-state index contributed by atoms with van der Waals surface area (Å²) in [5.41, 5.74) is 4.55. The molecule has 0 bridgehead atoms. The second-order valence-electron chi connectivity index (χ2n) is 10.3. The fraction of sp³-hybridized carbons (Fsp3) is 0.265. The lowest BCUT2D eigenvalue weighted by Gasteiger charge is -2.13. The summed E-state index contributed by atoms with van der Waals surface area (Å²) in [6, 6.07) is 25.5. The van der Waals surface area contributed by atoms with E-state index in [1.165, 1.54) is 37.4 Å². The molecule has 1 amide bonds. The molecule has 2 heterocycles. The number of amides is 1. The molecule has 1 aliphatic heterocycles. The first-order chi connectivity index (χ1) is 20.5. The van der Waals surface area contributed by atoms with Crippen LogP contribution in [0.2, 0.25) is 5.02 Å². The minimum Gasteiger partial charge on any atom is -0.489 e. The number of rotatable bonds is 13. The second-order valence-corrected chi connectivity index (χ2v) is 12.4. The van der Waals surface area contributed by atoms with Crippen LogP contribution in [0.1, 0.15) is 56.6 Å². The zero-order chi connectivity index (χ0) is 29.3. The summed E-state index contributed by atoms with van der Waals surface area (Å²) in [4.78, 5) is 15.7. The third-order valence-electron chi connectivity index (χ3n) is 7.11. The van der Waals surface area contributed by atoms with Gasteiger partial charge in [-0.05, 0) is 66.6 Å². The SMILES string of the molecule is CCCCCCCCN1C(=O)/C(=C/c2cn(-c3ccccc3)nc2-c2ccc(OCc3ccc(Cl)cc3)cc2)SC1=S. The van der Waals surface area contributed by atoms with Gasteiger partial charge in [0.1, 0.15) is 16.7 Å². The molecule has 5 nitrogen and oxygen atoms in total. The fourth-order valence-corrected chi connectivity index (χ4v) is 6.20. The van der Waals surface area contributed by atoms with Gasteiger partial charge in [-0.3, -0.25) is 9.69 Å². The summed E-state index contributed by atoms with van der Waals surface area (Å²) in [7, 11) is 0. The number of ether oxygens (including phenoxy) is 1. The third kappa shape index (κ3) is 7.71. The molecule has 0 atom stereocenters. The number of halogens is 1. The average Bonchev–Trinajstić information content (AvgIpc) is 3.55. The Bertz CT molecular complexity index is 1530. The van der Waals surface area contributed by atoms with Gasteiger partial charge < -0.3 is 4.74 Å². The highest BCUT2D eigenvalue weighted by atomic mass is 35.5. The van der Waals surface area contributed by atoms with Gasteiger partial charge in [0.25, 0.3) is 5.91 Å². The molecule has 0 saturated carbocycles. The van der Waals surface area contributed by atoms with E-state index in [-0.39, 0.29) is 5.91 Å². The van der Waals surface area contributed by atoms with Gasteiger partial charge in [0, 0.05) is 28.9 Å². The number of thioether (sulfide) groups is 1. The van der Waals surface area contributed by atoms with Crippen LogP contribution in [0.4, 0.5) is 0 Å². The molecule has 1 saturated heterocycles. The van der Waals surface area contributed by atoms with E-state index in [0.717, 1.165) is 46.7 Å². The number of unbranched alkanes of at least 4 members (excludes halogenated alkanes) is 5. The van der Waals surface area contributed by atoms with Gasteiger partial charge in [-0.1, -0.05) is 105 Å². The highest BCUT2D eigenvalue weighted by Crippen LogP contribution is 2.35. The summed E-state index contributed by atoms with van der Waals surface area (Å²) >= 11 is 13.0. The molecule has 0 aliphatic carbocycles. The standard InChI is InChI=1S/C34H34ClN3O2S2/c1-2-3-4-5-6-10-21-37-33(39)31(42-34(37)41)22-27-23-38(29-11-8-7-9-12-29)36-32(27)26-15-19-30(20-16-26)40-24-25-13-17-28(35)18-14-25/h7-9,11-20,22-23H,2-6,10,21,24H2,1H3/b31-22-. The van der Waals surface area contributed by atoms with E-state index in [2.05, 4.69) is 6.92 Å². The smallest absolute Gasteiger partial charge is 0.266 e. The summed E-state index contributed by atoms with van der Waals surface area (Å²) in [6.07, 6.45) is 10.9. The Morgan fingerprint density at radius 3 is 2.38 bits per heavy atom. The Morgan fingerprint density at radius 2 is 1.64 bits per heavy atom. The van der Waals surface area contributed by atoms with Gasteiger partial charge in [0.2, 0.25) is 0 Å². The van der Waals surface area contributed by atoms with Crippen molar-refractivity contribution in [3.05, 3.63) is 106 Å². The largest absolute Gasteiger partial charge is 0.489 e. The van der Waals surface area contributed by atoms with E-state index in [4.69, 9.17) is 33.7 Å². The highest BCUT2D eigenvalue weighted by Gasteiger charge is 2.32. The first-order valence-electron chi connectivity index (χ1n) is 14.4. The van der Waals surface area contributed by atoms with Crippen molar-refractivity contribution in [1.29, 1.82) is 0 Å². The molecule has 0 N–H and O–H groups in total. The zero-order valence-electron chi connectivity index (χ0n) is 23.7. The maximum atomic E-state index is 13.4. The summed E-state index contributed by atoms with van der Waals surface area (Å²) in [6.45, 7) is 3.34. The molecule has 0 spiro atoms. The van der Waals surface area contributed by atoms with E-state index in [9.17, 15) is 4.79 Å². The Labute approximate surface area is 262 Å². The first kappa shape index (κ1) is 30.1. The van der Waals surface area contributed by atoms with E-state index in [1.807, 2.05) is 95.8 Å². The van der Waals surface area contributed by atoms with Crippen LogP contribution in [0.3, 0.4) is 0 Å². The second kappa shape index (κ2) is 14.7. The van der Waals surface area contributed by atoms with Crippen molar-refractivity contribution < 1.29 is 9.53 Å². The van der Waals surface area contributed by atoms with E-state index in [1.54, 1.807) is 4.90 Å². The number of thiocarbonyl (C=S) groups is 1. The van der Waals surface area contributed by atoms with Gasteiger partial charge in [-0.25, -0.2) is 4.68 Å². The van der Waals surface area contributed by atoms with Crippen LogP contribution in [-0.2, 0) is 11.4 Å².